The predicted octanol–water partition coefficient (Wildman–Crippen LogP) is 4.30. The molecule has 1 saturated carbocycles. The quantitative estimate of drug-likeness (QED) is 0.464. The Hall–Kier alpha value is -2.71. The molecule has 37 heavy (non-hydrogen) atoms. The summed E-state index contributed by atoms with van der Waals surface area (Å²) >= 11 is 0. The van der Waals surface area contributed by atoms with Crippen LogP contribution in [0.15, 0.2) is 65.6 Å². The number of benzene rings is 2. The molecule has 2 aromatic carbocycles. The molecular formula is C29H39N3O4S. The number of hydrogen-bond donors (Lipinski definition) is 0. The topological polar surface area (TPSA) is 78.0 Å². The summed E-state index contributed by atoms with van der Waals surface area (Å²) < 4.78 is 28.0. The Morgan fingerprint density at radius 2 is 1.49 bits per heavy atom. The minimum atomic E-state index is -3.79. The van der Waals surface area contributed by atoms with Gasteiger partial charge in [-0.2, -0.15) is 4.31 Å². The van der Waals surface area contributed by atoms with E-state index in [1.165, 1.54) is 4.31 Å². The summed E-state index contributed by atoms with van der Waals surface area (Å²) in [6.07, 6.45) is 6.26. The fraction of sp³-hybridized carbons (Fsp3) is 0.517. The molecule has 0 radical (unpaired) electrons. The largest absolute Gasteiger partial charge is 0.342 e. The molecule has 0 bridgehead atoms. The molecule has 0 aromatic heterocycles. The summed E-state index contributed by atoms with van der Waals surface area (Å²) in [5, 5.41) is 0. The molecule has 200 valence electrons. The Morgan fingerprint density at radius 1 is 0.892 bits per heavy atom. The van der Waals surface area contributed by atoms with Crippen LogP contribution in [0, 0.1) is 5.92 Å². The van der Waals surface area contributed by atoms with Crippen molar-refractivity contribution < 1.29 is 18.0 Å². The third kappa shape index (κ3) is 6.79. The van der Waals surface area contributed by atoms with Crippen LogP contribution in [0.4, 0.5) is 0 Å². The summed E-state index contributed by atoms with van der Waals surface area (Å²) in [7, 11) is -3.79. The molecule has 0 unspecified atom stereocenters. The zero-order valence-corrected chi connectivity index (χ0v) is 22.6. The van der Waals surface area contributed by atoms with Gasteiger partial charge in [0.2, 0.25) is 21.8 Å². The van der Waals surface area contributed by atoms with E-state index in [1.807, 2.05) is 47.1 Å². The van der Waals surface area contributed by atoms with E-state index in [0.29, 0.717) is 38.9 Å². The highest BCUT2D eigenvalue weighted by molar-refractivity contribution is 7.89. The summed E-state index contributed by atoms with van der Waals surface area (Å²) in [6, 6.07) is 18.1. The summed E-state index contributed by atoms with van der Waals surface area (Å²) in [4.78, 5) is 30.7. The Labute approximate surface area is 221 Å². The number of carbonyl (C=O) groups is 2. The molecule has 2 fully saturated rings. The van der Waals surface area contributed by atoms with Crippen molar-refractivity contribution in [1.82, 2.24) is 14.1 Å². The molecule has 8 heteroatoms. The third-order valence-electron chi connectivity index (χ3n) is 7.60. The number of carbonyl (C=O) groups excluding carboxylic acids is 2. The lowest BCUT2D eigenvalue weighted by Crippen LogP contribution is -2.52. The van der Waals surface area contributed by atoms with Gasteiger partial charge in [-0.15, -0.1) is 0 Å². The smallest absolute Gasteiger partial charge is 0.243 e. The van der Waals surface area contributed by atoms with Crippen molar-refractivity contribution in [3.8, 4) is 0 Å². The van der Waals surface area contributed by atoms with Gasteiger partial charge in [0.05, 0.1) is 11.4 Å². The fourth-order valence-electron chi connectivity index (χ4n) is 5.55. The average Bonchev–Trinajstić information content (AvgIpc) is 3.47. The molecule has 2 aromatic rings. The minimum absolute atomic E-state index is 0.0387. The molecular weight excluding hydrogens is 486 g/mol. The SMILES string of the molecule is CCCN(CC(=O)N(Cc1ccccc1)C1CCN(C(=O)C2CCCC2)CC1)S(=O)(=O)c1ccccc1. The van der Waals surface area contributed by atoms with Gasteiger partial charge in [0.1, 0.15) is 0 Å². The standard InChI is InChI=1S/C29H39N3O4S/c1-2-19-31(37(35,36)27-15-7-4-8-16-27)23-28(33)32(22-24-11-5-3-6-12-24)26-17-20-30(21-18-26)29(34)25-13-9-10-14-25/h3-8,11-12,15-16,25-26H,2,9-10,13-14,17-23H2,1H3. The van der Waals surface area contributed by atoms with Gasteiger partial charge in [-0.3, -0.25) is 9.59 Å². The maximum absolute atomic E-state index is 13.8. The molecule has 7 nitrogen and oxygen atoms in total. The normalized spacial score (nSPS) is 17.3. The van der Waals surface area contributed by atoms with Crippen LogP contribution in [0.2, 0.25) is 0 Å². The molecule has 2 aliphatic rings. The van der Waals surface area contributed by atoms with E-state index in [4.69, 9.17) is 0 Å². The first-order chi connectivity index (χ1) is 17.9. The van der Waals surface area contributed by atoms with Crippen molar-refractivity contribution in [3.05, 3.63) is 66.2 Å². The zero-order valence-electron chi connectivity index (χ0n) is 21.8. The molecule has 0 spiro atoms. The lowest BCUT2D eigenvalue weighted by Gasteiger charge is -2.40. The van der Waals surface area contributed by atoms with E-state index in [9.17, 15) is 18.0 Å². The Kier molecular flexibility index (Phi) is 9.38. The molecule has 1 heterocycles. The van der Waals surface area contributed by atoms with Gasteiger partial charge in [0, 0.05) is 38.1 Å². The van der Waals surface area contributed by atoms with Crippen LogP contribution >= 0.6 is 0 Å². The van der Waals surface area contributed by atoms with Crippen LogP contribution in [0.5, 0.6) is 0 Å². The summed E-state index contributed by atoms with van der Waals surface area (Å²) in [5.41, 5.74) is 1.01. The minimum Gasteiger partial charge on any atom is -0.342 e. The number of rotatable bonds is 10. The van der Waals surface area contributed by atoms with Gasteiger partial charge < -0.3 is 9.80 Å². The fourth-order valence-corrected chi connectivity index (χ4v) is 7.05. The van der Waals surface area contributed by atoms with Gasteiger partial charge in [-0.25, -0.2) is 8.42 Å². The van der Waals surface area contributed by atoms with E-state index in [1.54, 1.807) is 30.3 Å². The van der Waals surface area contributed by atoms with Crippen molar-refractivity contribution in [1.29, 1.82) is 0 Å². The molecule has 2 amide bonds. The lowest BCUT2D eigenvalue weighted by atomic mass is 9.99. The van der Waals surface area contributed by atoms with Crippen molar-refractivity contribution in [3.63, 3.8) is 0 Å². The monoisotopic (exact) mass is 525 g/mol. The van der Waals surface area contributed by atoms with Crippen LogP contribution in [0.3, 0.4) is 0 Å². The van der Waals surface area contributed by atoms with E-state index in [0.717, 1.165) is 31.2 Å². The molecule has 4 rings (SSSR count). The number of sulfonamides is 1. The Balaban J connectivity index is 1.50. The first kappa shape index (κ1) is 27.3. The first-order valence-corrected chi connectivity index (χ1v) is 15.0. The number of amides is 2. The van der Waals surface area contributed by atoms with Crippen molar-refractivity contribution in [2.75, 3.05) is 26.2 Å². The van der Waals surface area contributed by atoms with Crippen LogP contribution in [0.25, 0.3) is 0 Å². The highest BCUT2D eigenvalue weighted by Crippen LogP contribution is 2.29. The molecule has 0 N–H and O–H groups in total. The second kappa shape index (κ2) is 12.7. The second-order valence-electron chi connectivity index (χ2n) is 10.2. The predicted molar refractivity (Wildman–Crippen MR) is 144 cm³/mol. The van der Waals surface area contributed by atoms with Gasteiger partial charge in [0.15, 0.2) is 0 Å². The average molecular weight is 526 g/mol. The van der Waals surface area contributed by atoms with Gasteiger partial charge in [-0.1, -0.05) is 68.3 Å². The maximum atomic E-state index is 13.8. The number of piperidine rings is 1. The second-order valence-corrected chi connectivity index (χ2v) is 12.1. The number of hydrogen-bond acceptors (Lipinski definition) is 4. The maximum Gasteiger partial charge on any atom is 0.243 e. The van der Waals surface area contributed by atoms with Crippen molar-refractivity contribution in [2.45, 2.75) is 69.4 Å². The number of likely N-dealkylation sites (tertiary alicyclic amines) is 1. The Morgan fingerprint density at radius 3 is 2.08 bits per heavy atom. The van der Waals surface area contributed by atoms with Gasteiger partial charge in [0.25, 0.3) is 0 Å². The van der Waals surface area contributed by atoms with Crippen LogP contribution in [0.1, 0.15) is 57.4 Å². The highest BCUT2D eigenvalue weighted by Gasteiger charge is 2.35. The summed E-state index contributed by atoms with van der Waals surface area (Å²) in [6.45, 7) is 3.69. The van der Waals surface area contributed by atoms with Crippen molar-refractivity contribution >= 4 is 21.8 Å². The van der Waals surface area contributed by atoms with Crippen LogP contribution < -0.4 is 0 Å². The van der Waals surface area contributed by atoms with Gasteiger partial charge >= 0.3 is 0 Å². The van der Waals surface area contributed by atoms with E-state index in [2.05, 4.69) is 0 Å². The van der Waals surface area contributed by atoms with Crippen molar-refractivity contribution in [2.24, 2.45) is 5.92 Å². The summed E-state index contributed by atoms with van der Waals surface area (Å²) in [5.74, 6) is 0.224. The molecule has 0 atom stereocenters. The first-order valence-electron chi connectivity index (χ1n) is 13.6. The third-order valence-corrected chi connectivity index (χ3v) is 9.46. The highest BCUT2D eigenvalue weighted by atomic mass is 32.2. The van der Waals surface area contributed by atoms with E-state index in [-0.39, 0.29) is 41.8 Å². The Bertz CT molecular complexity index is 1130. The molecule has 1 saturated heterocycles. The van der Waals surface area contributed by atoms with E-state index >= 15 is 0 Å². The van der Waals surface area contributed by atoms with E-state index < -0.39 is 10.0 Å². The number of nitrogens with zero attached hydrogens (tertiary/aromatic N) is 3. The molecule has 1 aliphatic heterocycles. The van der Waals surface area contributed by atoms with Crippen LogP contribution in [-0.4, -0.2) is 66.6 Å². The van der Waals surface area contributed by atoms with Crippen LogP contribution in [-0.2, 0) is 26.2 Å². The van der Waals surface area contributed by atoms with Gasteiger partial charge in [-0.05, 0) is 49.8 Å². The lowest BCUT2D eigenvalue weighted by molar-refractivity contribution is -0.139. The zero-order chi connectivity index (χ0) is 26.3. The molecule has 1 aliphatic carbocycles.